The maximum atomic E-state index is 12.9. The average molecular weight is 520 g/mol. The molecule has 2 N–H and O–H groups in total. The fourth-order valence-electron chi connectivity index (χ4n) is 4.37. The summed E-state index contributed by atoms with van der Waals surface area (Å²) in [7, 11) is 1.98. The van der Waals surface area contributed by atoms with Crippen molar-refractivity contribution >= 4 is 34.3 Å². The van der Waals surface area contributed by atoms with Gasteiger partial charge in [-0.2, -0.15) is 0 Å². The first kappa shape index (κ1) is 26.0. The summed E-state index contributed by atoms with van der Waals surface area (Å²) in [6.07, 6.45) is 1.57. The number of benzene rings is 3. The maximum absolute atomic E-state index is 12.9. The molecule has 39 heavy (non-hydrogen) atoms. The summed E-state index contributed by atoms with van der Waals surface area (Å²) in [5.74, 6) is 2.41. The van der Waals surface area contributed by atoms with Crippen LogP contribution in [-0.2, 0) is 7.05 Å². The highest BCUT2D eigenvalue weighted by Gasteiger charge is 2.13. The molecular formula is C32H33N5O2. The van der Waals surface area contributed by atoms with Crippen LogP contribution >= 0.6 is 0 Å². The number of hydrogen-bond donors (Lipinski definition) is 2. The molecule has 2 heterocycles. The number of ether oxygens (including phenoxy) is 1. The van der Waals surface area contributed by atoms with Gasteiger partial charge >= 0.3 is 0 Å². The third-order valence-electron chi connectivity index (χ3n) is 6.67. The first-order valence-electron chi connectivity index (χ1n) is 13.2. The van der Waals surface area contributed by atoms with Crippen LogP contribution in [0.15, 0.2) is 85.1 Å². The van der Waals surface area contributed by atoms with E-state index in [2.05, 4.69) is 67.6 Å². The number of anilines is 3. The van der Waals surface area contributed by atoms with Gasteiger partial charge in [0, 0.05) is 36.8 Å². The third kappa shape index (κ3) is 5.93. The molecule has 0 atom stereocenters. The summed E-state index contributed by atoms with van der Waals surface area (Å²) in [5.41, 5.74) is 6.21. The number of nitrogens with zero attached hydrogens (tertiary/aromatic N) is 3. The molecule has 0 unspecified atom stereocenters. The standard InChI is InChI=1S/C32H33N5O2/c1-20(2)22-8-6-10-24(16-22)34-31(38)29-19-27(14-15-33-29)39-26-12-13-30-28(18-26)36-32(37(30)5)35-25-11-7-9-23(17-25)21(3)4/h6-21H,1-5H3,(H,34,38)(H,35,36). The number of aromatic nitrogens is 3. The van der Waals surface area contributed by atoms with Gasteiger partial charge in [-0.1, -0.05) is 52.0 Å². The molecule has 0 bridgehead atoms. The number of carbonyl (C=O) groups excluding carboxylic acids is 1. The Morgan fingerprint density at radius 3 is 2.21 bits per heavy atom. The van der Waals surface area contributed by atoms with E-state index in [0.29, 0.717) is 23.3 Å². The minimum Gasteiger partial charge on any atom is -0.457 e. The maximum Gasteiger partial charge on any atom is 0.274 e. The SMILES string of the molecule is CC(C)c1cccc(NC(=O)c2cc(Oc3ccc4c(c3)nc(Nc3cccc(C(C)C)c3)n4C)ccn2)c1. The second-order valence-electron chi connectivity index (χ2n) is 10.3. The minimum absolute atomic E-state index is 0.275. The summed E-state index contributed by atoms with van der Waals surface area (Å²) < 4.78 is 8.12. The lowest BCUT2D eigenvalue weighted by atomic mass is 10.0. The quantitative estimate of drug-likeness (QED) is 0.217. The van der Waals surface area contributed by atoms with Gasteiger partial charge in [-0.25, -0.2) is 4.98 Å². The van der Waals surface area contributed by atoms with Gasteiger partial charge in [0.2, 0.25) is 5.95 Å². The van der Waals surface area contributed by atoms with E-state index in [-0.39, 0.29) is 11.6 Å². The van der Waals surface area contributed by atoms with Crippen LogP contribution in [0.1, 0.15) is 61.1 Å². The van der Waals surface area contributed by atoms with Gasteiger partial charge in [0.05, 0.1) is 11.0 Å². The Hall–Kier alpha value is -4.65. The molecule has 3 aromatic carbocycles. The van der Waals surface area contributed by atoms with Gasteiger partial charge < -0.3 is 19.9 Å². The zero-order valence-electron chi connectivity index (χ0n) is 22.9. The van der Waals surface area contributed by atoms with E-state index >= 15 is 0 Å². The number of rotatable bonds is 8. The molecule has 0 spiro atoms. The van der Waals surface area contributed by atoms with Crippen molar-refractivity contribution in [3.63, 3.8) is 0 Å². The van der Waals surface area contributed by atoms with Crippen LogP contribution in [0.5, 0.6) is 11.5 Å². The molecule has 5 aromatic rings. The second kappa shape index (κ2) is 11.0. The highest BCUT2D eigenvalue weighted by atomic mass is 16.5. The summed E-state index contributed by atoms with van der Waals surface area (Å²) in [4.78, 5) is 21.9. The molecule has 198 valence electrons. The molecule has 0 aliphatic heterocycles. The number of pyridine rings is 1. The molecule has 1 amide bonds. The van der Waals surface area contributed by atoms with Crippen molar-refractivity contribution in [2.45, 2.75) is 39.5 Å². The Kier molecular flexibility index (Phi) is 7.32. The Morgan fingerprint density at radius 2 is 1.49 bits per heavy atom. The van der Waals surface area contributed by atoms with Crippen molar-refractivity contribution in [2.75, 3.05) is 10.6 Å². The lowest BCUT2D eigenvalue weighted by Gasteiger charge is -2.10. The topological polar surface area (TPSA) is 81.1 Å². The lowest BCUT2D eigenvalue weighted by Crippen LogP contribution is -2.13. The smallest absolute Gasteiger partial charge is 0.274 e. The van der Waals surface area contributed by atoms with Crippen LogP contribution in [0.25, 0.3) is 11.0 Å². The van der Waals surface area contributed by atoms with E-state index < -0.39 is 0 Å². The molecule has 0 radical (unpaired) electrons. The van der Waals surface area contributed by atoms with Crippen molar-refractivity contribution in [3.8, 4) is 11.5 Å². The van der Waals surface area contributed by atoms with E-state index in [9.17, 15) is 4.79 Å². The van der Waals surface area contributed by atoms with Crippen molar-refractivity contribution < 1.29 is 9.53 Å². The van der Waals surface area contributed by atoms with Crippen molar-refractivity contribution in [1.82, 2.24) is 14.5 Å². The second-order valence-corrected chi connectivity index (χ2v) is 10.3. The first-order valence-corrected chi connectivity index (χ1v) is 13.2. The highest BCUT2D eigenvalue weighted by Crippen LogP contribution is 2.29. The normalized spacial score (nSPS) is 11.3. The molecule has 0 saturated heterocycles. The van der Waals surface area contributed by atoms with Gasteiger partial charge in [-0.05, 0) is 65.4 Å². The van der Waals surface area contributed by atoms with Gasteiger partial charge in [0.15, 0.2) is 0 Å². The first-order chi connectivity index (χ1) is 18.8. The van der Waals surface area contributed by atoms with Crippen LogP contribution in [0.3, 0.4) is 0 Å². The van der Waals surface area contributed by atoms with Gasteiger partial charge in [0.25, 0.3) is 5.91 Å². The lowest BCUT2D eigenvalue weighted by molar-refractivity contribution is 0.102. The van der Waals surface area contributed by atoms with Crippen LogP contribution in [-0.4, -0.2) is 20.4 Å². The number of nitrogens with one attached hydrogen (secondary N) is 2. The Bertz CT molecular complexity index is 1640. The molecule has 0 aliphatic carbocycles. The van der Waals surface area contributed by atoms with Crippen LogP contribution in [0.2, 0.25) is 0 Å². The molecule has 2 aromatic heterocycles. The van der Waals surface area contributed by atoms with Gasteiger partial charge in [0.1, 0.15) is 17.2 Å². The van der Waals surface area contributed by atoms with Crippen LogP contribution in [0.4, 0.5) is 17.3 Å². The summed E-state index contributed by atoms with van der Waals surface area (Å²) in [5, 5.41) is 6.36. The average Bonchev–Trinajstić information content (AvgIpc) is 3.23. The molecule has 7 heteroatoms. The third-order valence-corrected chi connectivity index (χ3v) is 6.67. The summed E-state index contributed by atoms with van der Waals surface area (Å²) in [6.45, 7) is 8.60. The fourth-order valence-corrected chi connectivity index (χ4v) is 4.37. The van der Waals surface area contributed by atoms with E-state index in [0.717, 1.165) is 33.9 Å². The number of amides is 1. The molecule has 0 aliphatic rings. The summed E-state index contributed by atoms with van der Waals surface area (Å²) in [6, 6.07) is 25.3. The van der Waals surface area contributed by atoms with E-state index in [1.165, 1.54) is 5.56 Å². The molecule has 7 nitrogen and oxygen atoms in total. The van der Waals surface area contributed by atoms with E-state index in [4.69, 9.17) is 9.72 Å². The predicted octanol–water partition coefficient (Wildman–Crippen LogP) is 8.00. The Balaban J connectivity index is 1.32. The Labute approximate surface area is 228 Å². The number of fused-ring (bicyclic) bond motifs is 1. The van der Waals surface area contributed by atoms with E-state index in [1.54, 1.807) is 18.3 Å². The highest BCUT2D eigenvalue weighted by molar-refractivity contribution is 6.03. The summed E-state index contributed by atoms with van der Waals surface area (Å²) >= 11 is 0. The van der Waals surface area contributed by atoms with Crippen molar-refractivity contribution in [2.24, 2.45) is 7.05 Å². The molecule has 0 fully saturated rings. The van der Waals surface area contributed by atoms with Crippen molar-refractivity contribution in [3.05, 3.63) is 102 Å². The molecule has 0 saturated carbocycles. The zero-order valence-corrected chi connectivity index (χ0v) is 22.9. The predicted molar refractivity (Wildman–Crippen MR) is 157 cm³/mol. The van der Waals surface area contributed by atoms with Crippen molar-refractivity contribution in [1.29, 1.82) is 0 Å². The van der Waals surface area contributed by atoms with Crippen LogP contribution < -0.4 is 15.4 Å². The Morgan fingerprint density at radius 1 is 0.821 bits per heavy atom. The zero-order chi connectivity index (χ0) is 27.5. The largest absolute Gasteiger partial charge is 0.457 e. The van der Waals surface area contributed by atoms with Gasteiger partial charge in [-0.15, -0.1) is 0 Å². The van der Waals surface area contributed by atoms with Crippen LogP contribution in [0, 0.1) is 0 Å². The number of imidazole rings is 1. The number of carbonyl (C=O) groups is 1. The molecule has 5 rings (SSSR count). The number of hydrogen-bond acceptors (Lipinski definition) is 5. The monoisotopic (exact) mass is 519 g/mol. The van der Waals surface area contributed by atoms with E-state index in [1.807, 2.05) is 54.1 Å². The number of aryl methyl sites for hydroxylation is 1. The van der Waals surface area contributed by atoms with Gasteiger partial charge in [-0.3, -0.25) is 9.78 Å². The fraction of sp³-hybridized carbons (Fsp3) is 0.219. The minimum atomic E-state index is -0.293. The molecular weight excluding hydrogens is 486 g/mol.